The minimum atomic E-state index is -1.01. The largest absolute Gasteiger partial charge is 0.494 e. The number of hydrogen-bond acceptors (Lipinski definition) is 4. The van der Waals surface area contributed by atoms with Crippen molar-refractivity contribution in [1.29, 1.82) is 0 Å². The molecule has 1 aromatic carbocycles. The summed E-state index contributed by atoms with van der Waals surface area (Å²) in [6, 6.07) is 5.55. The molecule has 4 nitrogen and oxygen atoms in total. The van der Waals surface area contributed by atoms with Gasteiger partial charge in [-0.15, -0.1) is 0 Å². The quantitative estimate of drug-likeness (QED) is 0.742. The fraction of sp³-hybridized carbons (Fsp3) is 0.533. The molecule has 0 spiro atoms. The first-order valence-corrected chi connectivity index (χ1v) is 6.41. The zero-order valence-corrected chi connectivity index (χ0v) is 12.3. The minimum Gasteiger partial charge on any atom is -0.494 e. The number of benzene rings is 1. The second kappa shape index (κ2) is 6.45. The average Bonchev–Trinajstić information content (AvgIpc) is 2.38. The van der Waals surface area contributed by atoms with E-state index in [2.05, 4.69) is 6.92 Å². The van der Waals surface area contributed by atoms with Gasteiger partial charge >= 0.3 is 5.97 Å². The van der Waals surface area contributed by atoms with E-state index in [9.17, 15) is 4.79 Å². The van der Waals surface area contributed by atoms with E-state index < -0.39 is 11.6 Å². The van der Waals surface area contributed by atoms with Crippen molar-refractivity contribution in [3.8, 4) is 11.5 Å². The Bertz CT molecular complexity index is 438. The molecule has 0 bridgehead atoms. The first kappa shape index (κ1) is 15.3. The number of ether oxygens (including phenoxy) is 3. The fourth-order valence-electron chi connectivity index (χ4n) is 1.61. The Morgan fingerprint density at radius 2 is 2.00 bits per heavy atom. The Hall–Kier alpha value is -1.71. The summed E-state index contributed by atoms with van der Waals surface area (Å²) in [5.74, 6) is 1.06. The Labute approximate surface area is 114 Å². The summed E-state index contributed by atoms with van der Waals surface area (Å²) in [6.45, 7) is 8.03. The molecule has 0 N–H and O–H groups in total. The van der Waals surface area contributed by atoms with Crippen molar-refractivity contribution in [2.24, 2.45) is 0 Å². The van der Waals surface area contributed by atoms with E-state index in [-0.39, 0.29) is 0 Å². The molecule has 0 radical (unpaired) electrons. The van der Waals surface area contributed by atoms with E-state index in [4.69, 9.17) is 14.2 Å². The topological polar surface area (TPSA) is 44.8 Å². The Morgan fingerprint density at radius 1 is 1.32 bits per heavy atom. The van der Waals surface area contributed by atoms with Crippen molar-refractivity contribution >= 4 is 5.97 Å². The predicted octanol–water partition coefficient (Wildman–Crippen LogP) is 3.11. The molecule has 0 heterocycles. The molecular formula is C15H22O4. The molecule has 19 heavy (non-hydrogen) atoms. The summed E-state index contributed by atoms with van der Waals surface area (Å²) in [7, 11) is 1.35. The summed E-state index contributed by atoms with van der Waals surface area (Å²) < 4.78 is 16.0. The third-order valence-corrected chi connectivity index (χ3v) is 2.66. The van der Waals surface area contributed by atoms with E-state index in [0.29, 0.717) is 12.4 Å². The number of carbonyl (C=O) groups is 1. The summed E-state index contributed by atoms with van der Waals surface area (Å²) in [5.41, 5.74) is -0.0868. The Balaban J connectivity index is 2.82. The van der Waals surface area contributed by atoms with E-state index in [1.807, 2.05) is 25.1 Å². The van der Waals surface area contributed by atoms with Crippen molar-refractivity contribution in [1.82, 2.24) is 0 Å². The van der Waals surface area contributed by atoms with Gasteiger partial charge in [-0.05, 0) is 51.0 Å². The van der Waals surface area contributed by atoms with E-state index in [1.165, 1.54) is 7.11 Å². The van der Waals surface area contributed by atoms with Crippen LogP contribution in [0.25, 0.3) is 0 Å². The molecule has 0 saturated heterocycles. The molecule has 0 aliphatic carbocycles. The second-order valence-corrected chi connectivity index (χ2v) is 4.88. The maximum atomic E-state index is 11.6. The first-order chi connectivity index (χ1) is 8.90. The van der Waals surface area contributed by atoms with Crippen LogP contribution >= 0.6 is 0 Å². The maximum absolute atomic E-state index is 11.6. The zero-order chi connectivity index (χ0) is 14.5. The molecule has 0 amide bonds. The zero-order valence-electron chi connectivity index (χ0n) is 12.3. The van der Waals surface area contributed by atoms with Crippen LogP contribution in [0.2, 0.25) is 0 Å². The van der Waals surface area contributed by atoms with Crippen LogP contribution in [0.1, 0.15) is 32.8 Å². The number of carbonyl (C=O) groups excluding carboxylic acids is 1. The molecule has 0 aliphatic rings. The van der Waals surface area contributed by atoms with Gasteiger partial charge in [0.15, 0.2) is 5.60 Å². The summed E-state index contributed by atoms with van der Waals surface area (Å²) >= 11 is 0. The van der Waals surface area contributed by atoms with E-state index in [0.717, 1.165) is 17.7 Å². The van der Waals surface area contributed by atoms with Crippen LogP contribution in [0, 0.1) is 6.92 Å². The standard InChI is InChI=1S/C15H22O4/c1-6-9-18-12-7-8-13(11(2)10-12)19-15(3,4)14(16)17-5/h7-8,10H,6,9H2,1-5H3. The van der Waals surface area contributed by atoms with Crippen LogP contribution in [0.5, 0.6) is 11.5 Å². The minimum absolute atomic E-state index is 0.404. The molecule has 4 heteroatoms. The fourth-order valence-corrected chi connectivity index (χ4v) is 1.61. The van der Waals surface area contributed by atoms with Crippen molar-refractivity contribution in [2.45, 2.75) is 39.7 Å². The van der Waals surface area contributed by atoms with Crippen molar-refractivity contribution in [3.63, 3.8) is 0 Å². The Morgan fingerprint density at radius 3 is 2.53 bits per heavy atom. The highest BCUT2D eigenvalue weighted by Crippen LogP contribution is 2.27. The van der Waals surface area contributed by atoms with E-state index >= 15 is 0 Å². The summed E-state index contributed by atoms with van der Waals surface area (Å²) in [5, 5.41) is 0. The van der Waals surface area contributed by atoms with Crippen LogP contribution in [0.4, 0.5) is 0 Å². The molecular weight excluding hydrogens is 244 g/mol. The lowest BCUT2D eigenvalue weighted by Crippen LogP contribution is -2.39. The number of aryl methyl sites for hydroxylation is 1. The maximum Gasteiger partial charge on any atom is 0.349 e. The second-order valence-electron chi connectivity index (χ2n) is 4.88. The van der Waals surface area contributed by atoms with E-state index in [1.54, 1.807) is 13.8 Å². The molecule has 1 aromatic rings. The van der Waals surface area contributed by atoms with Gasteiger partial charge in [0.05, 0.1) is 13.7 Å². The van der Waals surface area contributed by atoms with Gasteiger partial charge in [0.25, 0.3) is 0 Å². The number of rotatable bonds is 6. The van der Waals surface area contributed by atoms with Gasteiger partial charge in [0.2, 0.25) is 0 Å². The highest BCUT2D eigenvalue weighted by Gasteiger charge is 2.31. The van der Waals surface area contributed by atoms with Crippen LogP contribution in [0.3, 0.4) is 0 Å². The lowest BCUT2D eigenvalue weighted by atomic mass is 10.1. The highest BCUT2D eigenvalue weighted by molar-refractivity contribution is 5.78. The molecule has 0 aliphatic heterocycles. The van der Waals surface area contributed by atoms with Gasteiger partial charge in [-0.1, -0.05) is 6.92 Å². The summed E-state index contributed by atoms with van der Waals surface area (Å²) in [4.78, 5) is 11.6. The molecule has 0 fully saturated rings. The molecule has 0 unspecified atom stereocenters. The van der Waals surface area contributed by atoms with Crippen LogP contribution in [-0.2, 0) is 9.53 Å². The third-order valence-electron chi connectivity index (χ3n) is 2.66. The molecule has 1 rings (SSSR count). The first-order valence-electron chi connectivity index (χ1n) is 6.41. The van der Waals surface area contributed by atoms with Gasteiger partial charge in [-0.25, -0.2) is 4.79 Å². The average molecular weight is 266 g/mol. The number of esters is 1. The highest BCUT2D eigenvalue weighted by atomic mass is 16.6. The van der Waals surface area contributed by atoms with Gasteiger partial charge in [0, 0.05) is 0 Å². The monoisotopic (exact) mass is 266 g/mol. The van der Waals surface area contributed by atoms with Crippen LogP contribution < -0.4 is 9.47 Å². The predicted molar refractivity (Wildman–Crippen MR) is 73.7 cm³/mol. The molecule has 106 valence electrons. The third kappa shape index (κ3) is 4.16. The normalized spacial score (nSPS) is 11.0. The van der Waals surface area contributed by atoms with Gasteiger partial charge < -0.3 is 14.2 Å². The SMILES string of the molecule is CCCOc1ccc(OC(C)(C)C(=O)OC)c(C)c1. The van der Waals surface area contributed by atoms with Crippen molar-refractivity contribution < 1.29 is 19.0 Å². The smallest absolute Gasteiger partial charge is 0.349 e. The van der Waals surface area contributed by atoms with Gasteiger partial charge in [0.1, 0.15) is 11.5 Å². The molecule has 0 atom stereocenters. The van der Waals surface area contributed by atoms with Crippen LogP contribution in [-0.4, -0.2) is 25.3 Å². The van der Waals surface area contributed by atoms with Crippen molar-refractivity contribution in [3.05, 3.63) is 23.8 Å². The summed E-state index contributed by atoms with van der Waals surface area (Å²) in [6.07, 6.45) is 0.965. The van der Waals surface area contributed by atoms with Crippen LogP contribution in [0.15, 0.2) is 18.2 Å². The lowest BCUT2D eigenvalue weighted by Gasteiger charge is -2.24. The number of hydrogen-bond donors (Lipinski definition) is 0. The molecule has 0 aromatic heterocycles. The Kier molecular flexibility index (Phi) is 5.21. The lowest BCUT2D eigenvalue weighted by molar-refractivity contribution is -0.156. The van der Waals surface area contributed by atoms with Crippen molar-refractivity contribution in [2.75, 3.05) is 13.7 Å². The molecule has 0 saturated carbocycles. The van der Waals surface area contributed by atoms with Gasteiger partial charge in [-0.2, -0.15) is 0 Å². The van der Waals surface area contributed by atoms with Gasteiger partial charge in [-0.3, -0.25) is 0 Å². The number of methoxy groups -OCH3 is 1.